The van der Waals surface area contributed by atoms with Gasteiger partial charge in [0.05, 0.1) is 24.6 Å². The molecule has 2 amide bonds. The molecule has 27 heavy (non-hydrogen) atoms. The van der Waals surface area contributed by atoms with Crippen molar-refractivity contribution < 1.29 is 14.3 Å². The van der Waals surface area contributed by atoms with Crippen molar-refractivity contribution in [3.8, 4) is 11.8 Å². The fraction of sp³-hybridized carbons (Fsp3) is 0.450. The molecule has 1 fully saturated rings. The maximum absolute atomic E-state index is 12.9. The van der Waals surface area contributed by atoms with Gasteiger partial charge in [-0.05, 0) is 31.0 Å². The summed E-state index contributed by atoms with van der Waals surface area (Å²) in [4.78, 5) is 25.2. The van der Waals surface area contributed by atoms with Gasteiger partial charge in [0.1, 0.15) is 18.0 Å². The van der Waals surface area contributed by atoms with Crippen LogP contribution in [0.5, 0.6) is 5.75 Å². The normalized spacial score (nSPS) is 19.3. The number of hydrogen-bond acceptors (Lipinski definition) is 4. The highest BCUT2D eigenvalue weighted by molar-refractivity contribution is 5.99. The van der Waals surface area contributed by atoms with Gasteiger partial charge in [-0.25, -0.2) is 0 Å². The van der Waals surface area contributed by atoms with Gasteiger partial charge in [-0.15, -0.1) is 0 Å². The highest BCUT2D eigenvalue weighted by Crippen LogP contribution is 2.27. The summed E-state index contributed by atoms with van der Waals surface area (Å²) in [6.07, 6.45) is 3.40. The summed E-state index contributed by atoms with van der Waals surface area (Å²) < 4.78 is 7.09. The van der Waals surface area contributed by atoms with Gasteiger partial charge in [-0.3, -0.25) is 9.59 Å². The van der Waals surface area contributed by atoms with Crippen molar-refractivity contribution in [2.75, 3.05) is 13.7 Å². The Morgan fingerprint density at radius 2 is 2.07 bits per heavy atom. The fourth-order valence-corrected chi connectivity index (χ4v) is 3.77. The van der Waals surface area contributed by atoms with Crippen molar-refractivity contribution in [1.82, 2.24) is 15.2 Å². The van der Waals surface area contributed by atoms with E-state index in [4.69, 9.17) is 10.00 Å². The van der Waals surface area contributed by atoms with Crippen LogP contribution >= 0.6 is 0 Å². The lowest BCUT2D eigenvalue weighted by molar-refractivity contribution is -0.126. The molecule has 0 spiro atoms. The summed E-state index contributed by atoms with van der Waals surface area (Å²) >= 11 is 0. The standard InChI is InChI=1S/C20H24N4O3/c1-24-17-12-14(27-2)8-7-13(17)11-18(24)20(26)23-16-6-4-3-5-15(16)19(25)22-10-9-21/h7-8,11-12,15-16H,3-6,10H2,1-2H3,(H,22,25)(H,23,26). The van der Waals surface area contributed by atoms with E-state index in [1.54, 1.807) is 7.11 Å². The van der Waals surface area contributed by atoms with E-state index in [-0.39, 0.29) is 30.3 Å². The fourth-order valence-electron chi connectivity index (χ4n) is 3.77. The second-order valence-corrected chi connectivity index (χ2v) is 6.86. The van der Waals surface area contributed by atoms with Gasteiger partial charge >= 0.3 is 0 Å². The number of nitrogens with one attached hydrogen (secondary N) is 2. The topological polar surface area (TPSA) is 96.2 Å². The van der Waals surface area contributed by atoms with Gasteiger partial charge in [-0.2, -0.15) is 5.26 Å². The molecule has 2 atom stereocenters. The lowest BCUT2D eigenvalue weighted by atomic mass is 9.83. The molecule has 2 aromatic rings. The molecule has 2 N–H and O–H groups in total. The van der Waals surface area contributed by atoms with E-state index in [0.29, 0.717) is 12.1 Å². The van der Waals surface area contributed by atoms with E-state index in [1.165, 1.54) is 0 Å². The molecule has 1 saturated carbocycles. The summed E-state index contributed by atoms with van der Waals surface area (Å²) in [5.41, 5.74) is 1.45. The van der Waals surface area contributed by atoms with E-state index in [2.05, 4.69) is 10.6 Å². The van der Waals surface area contributed by atoms with E-state index in [1.807, 2.05) is 41.9 Å². The zero-order valence-corrected chi connectivity index (χ0v) is 15.6. The Balaban J connectivity index is 1.79. The van der Waals surface area contributed by atoms with E-state index in [0.717, 1.165) is 35.9 Å². The minimum atomic E-state index is -0.300. The lowest BCUT2D eigenvalue weighted by Gasteiger charge is -2.31. The summed E-state index contributed by atoms with van der Waals surface area (Å²) in [7, 11) is 3.45. The lowest BCUT2D eigenvalue weighted by Crippen LogP contribution is -2.48. The van der Waals surface area contributed by atoms with Crippen LogP contribution in [0.15, 0.2) is 24.3 Å². The third-order valence-electron chi connectivity index (χ3n) is 5.25. The monoisotopic (exact) mass is 368 g/mol. The van der Waals surface area contributed by atoms with Crippen LogP contribution in [0.3, 0.4) is 0 Å². The molecular formula is C20H24N4O3. The number of methoxy groups -OCH3 is 1. The smallest absolute Gasteiger partial charge is 0.268 e. The molecule has 1 aliphatic carbocycles. The molecule has 0 aliphatic heterocycles. The number of carbonyl (C=O) groups is 2. The Hall–Kier alpha value is -3.01. The van der Waals surface area contributed by atoms with Crippen molar-refractivity contribution in [2.45, 2.75) is 31.7 Å². The van der Waals surface area contributed by atoms with Crippen LogP contribution in [0.25, 0.3) is 10.9 Å². The number of amides is 2. The van der Waals surface area contributed by atoms with Crippen molar-refractivity contribution in [3.63, 3.8) is 0 Å². The van der Waals surface area contributed by atoms with E-state index < -0.39 is 0 Å². The molecule has 1 aromatic carbocycles. The number of carbonyl (C=O) groups excluding carboxylic acids is 2. The third-order valence-corrected chi connectivity index (χ3v) is 5.25. The van der Waals surface area contributed by atoms with E-state index in [9.17, 15) is 9.59 Å². The molecule has 3 rings (SSSR count). The van der Waals surface area contributed by atoms with E-state index >= 15 is 0 Å². The number of rotatable bonds is 5. The Morgan fingerprint density at radius 1 is 1.30 bits per heavy atom. The third kappa shape index (κ3) is 3.90. The predicted molar refractivity (Wildman–Crippen MR) is 101 cm³/mol. The van der Waals surface area contributed by atoms with Crippen LogP contribution in [0.1, 0.15) is 36.2 Å². The van der Waals surface area contributed by atoms with Crippen molar-refractivity contribution in [1.29, 1.82) is 5.26 Å². The number of ether oxygens (including phenoxy) is 1. The molecule has 7 heteroatoms. The SMILES string of the molecule is COc1ccc2cc(C(=O)NC3CCCCC3C(=O)NCC#N)n(C)c2c1. The van der Waals surface area contributed by atoms with Crippen LogP contribution in [-0.2, 0) is 11.8 Å². The van der Waals surface area contributed by atoms with Gasteiger partial charge in [0.15, 0.2) is 0 Å². The molecule has 142 valence electrons. The quantitative estimate of drug-likeness (QED) is 0.790. The summed E-state index contributed by atoms with van der Waals surface area (Å²) in [6.45, 7) is -0.0129. The number of nitriles is 1. The minimum absolute atomic E-state index is 0.0129. The van der Waals surface area contributed by atoms with Gasteiger partial charge in [0, 0.05) is 24.5 Å². The second kappa shape index (κ2) is 8.12. The van der Waals surface area contributed by atoms with Gasteiger partial charge in [-0.1, -0.05) is 12.8 Å². The first kappa shape index (κ1) is 18.8. The Labute approximate surface area is 158 Å². The van der Waals surface area contributed by atoms with Gasteiger partial charge in [0.25, 0.3) is 5.91 Å². The number of aryl methyl sites for hydroxylation is 1. The molecule has 1 aliphatic rings. The largest absolute Gasteiger partial charge is 0.497 e. The van der Waals surface area contributed by atoms with Crippen molar-refractivity contribution >= 4 is 22.7 Å². The summed E-state index contributed by atoms with van der Waals surface area (Å²) in [6, 6.07) is 9.21. The molecule has 7 nitrogen and oxygen atoms in total. The molecule has 1 heterocycles. The maximum atomic E-state index is 12.9. The van der Waals surface area contributed by atoms with Crippen LogP contribution < -0.4 is 15.4 Å². The number of fused-ring (bicyclic) bond motifs is 1. The molecule has 0 radical (unpaired) electrons. The molecule has 2 unspecified atom stereocenters. The Bertz CT molecular complexity index is 896. The first-order valence-corrected chi connectivity index (χ1v) is 9.14. The Morgan fingerprint density at radius 3 is 2.81 bits per heavy atom. The van der Waals surface area contributed by atoms with Crippen molar-refractivity contribution in [2.24, 2.45) is 13.0 Å². The summed E-state index contributed by atoms with van der Waals surface area (Å²) in [5.74, 6) is 0.0731. The highest BCUT2D eigenvalue weighted by Gasteiger charge is 2.32. The molecule has 1 aromatic heterocycles. The van der Waals surface area contributed by atoms with Crippen LogP contribution in [0.2, 0.25) is 0 Å². The Kier molecular flexibility index (Phi) is 5.65. The second-order valence-electron chi connectivity index (χ2n) is 6.86. The van der Waals surface area contributed by atoms with Gasteiger partial charge in [0.2, 0.25) is 5.91 Å². The maximum Gasteiger partial charge on any atom is 0.268 e. The van der Waals surface area contributed by atoms with Crippen LogP contribution in [-0.4, -0.2) is 36.1 Å². The first-order chi connectivity index (χ1) is 13.0. The van der Waals surface area contributed by atoms with Gasteiger partial charge < -0.3 is 19.9 Å². The number of hydrogen-bond donors (Lipinski definition) is 2. The minimum Gasteiger partial charge on any atom is -0.497 e. The molecule has 0 bridgehead atoms. The highest BCUT2D eigenvalue weighted by atomic mass is 16.5. The summed E-state index contributed by atoms with van der Waals surface area (Å²) in [5, 5.41) is 15.3. The van der Waals surface area contributed by atoms with Crippen molar-refractivity contribution in [3.05, 3.63) is 30.0 Å². The average molecular weight is 368 g/mol. The average Bonchev–Trinajstić information content (AvgIpc) is 3.02. The predicted octanol–water partition coefficient (Wildman–Crippen LogP) is 2.12. The van der Waals surface area contributed by atoms with Crippen LogP contribution in [0, 0.1) is 17.2 Å². The zero-order valence-electron chi connectivity index (χ0n) is 15.6. The molecular weight excluding hydrogens is 344 g/mol. The zero-order chi connectivity index (χ0) is 19.4. The number of nitrogens with zero attached hydrogens (tertiary/aromatic N) is 2. The number of aromatic nitrogens is 1. The van der Waals surface area contributed by atoms with Crippen LogP contribution in [0.4, 0.5) is 0 Å². The molecule has 0 saturated heterocycles. The first-order valence-electron chi connectivity index (χ1n) is 9.14. The number of benzene rings is 1.